The zero-order chi connectivity index (χ0) is 15.4. The summed E-state index contributed by atoms with van der Waals surface area (Å²) in [5.41, 5.74) is 0.326. The van der Waals surface area contributed by atoms with Gasteiger partial charge in [0.25, 0.3) is 0 Å². The maximum absolute atomic E-state index is 10.3. The Bertz CT molecular complexity index is 192. The Kier molecular flexibility index (Phi) is 41.8. The number of rotatable bonds is 3. The van der Waals surface area contributed by atoms with Crippen LogP contribution in [0.1, 0.15) is 20.8 Å². The first-order valence-corrected chi connectivity index (χ1v) is 5.19. The molecule has 0 unspecified atom stereocenters. The van der Waals surface area contributed by atoms with E-state index in [9.17, 15) is 4.79 Å². The minimum Gasteiger partial charge on any atom is -0.394 e. The fourth-order valence-corrected chi connectivity index (χ4v) is 0.147. The third-order valence-corrected chi connectivity index (χ3v) is 0.607. The van der Waals surface area contributed by atoms with Crippen LogP contribution in [0.25, 0.3) is 0 Å². The molecule has 5 heteroatoms. The third kappa shape index (κ3) is 62.2. The summed E-state index contributed by atoms with van der Waals surface area (Å²) in [6.45, 7) is 15.1. The van der Waals surface area contributed by atoms with Crippen LogP contribution in [0, 0.1) is 0 Å². The number of aliphatic hydroxyl groups is 2. The van der Waals surface area contributed by atoms with Crippen molar-refractivity contribution in [1.82, 2.24) is 0 Å². The summed E-state index contributed by atoms with van der Waals surface area (Å²) in [4.78, 5) is 18.4. The number of hydrogen-bond acceptors (Lipinski definition) is 5. The van der Waals surface area contributed by atoms with Crippen molar-refractivity contribution in [2.45, 2.75) is 20.8 Å². The topological polar surface area (TPSA) is 76.0 Å². The van der Waals surface area contributed by atoms with Crippen molar-refractivity contribution in [2.75, 3.05) is 20.3 Å². The van der Waals surface area contributed by atoms with Crippen LogP contribution in [-0.2, 0) is 14.6 Å². The first-order chi connectivity index (χ1) is 8.42. The molecule has 0 radical (unpaired) electrons. The molecule has 0 saturated carbocycles. The lowest BCUT2D eigenvalue weighted by Gasteiger charge is -1.94. The quantitative estimate of drug-likeness (QED) is 0.352. The van der Waals surface area contributed by atoms with E-state index in [1.54, 1.807) is 19.1 Å². The first-order valence-electron chi connectivity index (χ1n) is 5.19. The lowest BCUT2D eigenvalue weighted by Crippen LogP contribution is -2.02. The summed E-state index contributed by atoms with van der Waals surface area (Å²) in [6, 6.07) is 0. The lowest BCUT2D eigenvalue weighted by atomic mass is 10.4. The molecule has 0 aromatic carbocycles. The van der Waals surface area contributed by atoms with Gasteiger partial charge in [0.15, 0.2) is 0 Å². The highest BCUT2D eigenvalue weighted by Gasteiger charge is 2.00. The number of carbonyl (C=O) groups excluding carboxylic acids is 1. The molecule has 2 N–H and O–H groups in total. The third-order valence-electron chi connectivity index (χ3n) is 0.607. The molecular formula is C13H26O5. The minimum absolute atomic E-state index is 0.125. The predicted molar refractivity (Wildman–Crippen MR) is 73.8 cm³/mol. The Morgan fingerprint density at radius 1 is 1.17 bits per heavy atom. The van der Waals surface area contributed by atoms with Crippen molar-refractivity contribution >= 4 is 5.97 Å². The fraction of sp³-hybridized carbons (Fsp3) is 0.462. The van der Waals surface area contributed by atoms with Crippen LogP contribution in [0.5, 0.6) is 0 Å². The molecule has 5 nitrogen and oxygen atoms in total. The standard InChI is InChI=1S/C5H8O3.2C3H6.C2H6O2/c1-4(2)5(6)8-7-3;2*1-3-2;3-1-2-4/h1H2,2-3H3;2*3H,1H2,2H3;3-4H,1-2H2. The number of carbonyl (C=O) groups is 1. The van der Waals surface area contributed by atoms with Gasteiger partial charge in [-0.15, -0.1) is 13.2 Å². The molecule has 0 aliphatic rings. The van der Waals surface area contributed by atoms with Crippen LogP contribution in [-0.4, -0.2) is 36.5 Å². The molecule has 0 rings (SSSR count). The van der Waals surface area contributed by atoms with E-state index in [1.807, 2.05) is 13.8 Å². The Morgan fingerprint density at radius 2 is 1.44 bits per heavy atom. The molecule has 0 amide bonds. The Balaban J connectivity index is -0.0000000827. The van der Waals surface area contributed by atoms with Crippen molar-refractivity contribution in [2.24, 2.45) is 0 Å². The highest BCUT2D eigenvalue weighted by Crippen LogP contribution is 1.89. The Morgan fingerprint density at radius 3 is 1.50 bits per heavy atom. The summed E-state index contributed by atoms with van der Waals surface area (Å²) in [6.07, 6.45) is 3.50. The largest absolute Gasteiger partial charge is 0.394 e. The van der Waals surface area contributed by atoms with Gasteiger partial charge in [-0.05, 0) is 20.8 Å². The average molecular weight is 262 g/mol. The monoisotopic (exact) mass is 262 g/mol. The van der Waals surface area contributed by atoms with Gasteiger partial charge in [-0.2, -0.15) is 4.89 Å². The van der Waals surface area contributed by atoms with Gasteiger partial charge in [-0.25, -0.2) is 4.79 Å². The number of allylic oxidation sites excluding steroid dienone is 2. The molecular weight excluding hydrogens is 236 g/mol. The van der Waals surface area contributed by atoms with Gasteiger partial charge in [0, 0.05) is 5.57 Å². The van der Waals surface area contributed by atoms with Crippen LogP contribution >= 0.6 is 0 Å². The van der Waals surface area contributed by atoms with Crippen LogP contribution in [0.15, 0.2) is 37.5 Å². The van der Waals surface area contributed by atoms with Crippen molar-refractivity contribution in [3.63, 3.8) is 0 Å². The Hall–Kier alpha value is -1.43. The lowest BCUT2D eigenvalue weighted by molar-refractivity contribution is -0.250. The highest BCUT2D eigenvalue weighted by atomic mass is 17.2. The molecule has 0 aliphatic heterocycles. The molecule has 18 heavy (non-hydrogen) atoms. The van der Waals surface area contributed by atoms with Crippen molar-refractivity contribution < 1.29 is 24.8 Å². The molecule has 0 aliphatic carbocycles. The zero-order valence-electron chi connectivity index (χ0n) is 11.8. The van der Waals surface area contributed by atoms with E-state index in [2.05, 4.69) is 29.5 Å². The molecule has 0 saturated heterocycles. The van der Waals surface area contributed by atoms with E-state index < -0.39 is 5.97 Å². The average Bonchev–Trinajstić information content (AvgIpc) is 2.31. The summed E-state index contributed by atoms with van der Waals surface area (Å²) in [5, 5.41) is 15.2. The second kappa shape index (κ2) is 29.6. The van der Waals surface area contributed by atoms with Crippen molar-refractivity contribution in [3.8, 4) is 0 Å². The molecule has 0 aromatic rings. The molecule has 0 spiro atoms. The van der Waals surface area contributed by atoms with Gasteiger partial charge in [-0.1, -0.05) is 18.7 Å². The smallest absolute Gasteiger partial charge is 0.368 e. The molecule has 0 atom stereocenters. The van der Waals surface area contributed by atoms with Crippen molar-refractivity contribution in [1.29, 1.82) is 0 Å². The van der Waals surface area contributed by atoms with E-state index in [0.29, 0.717) is 5.57 Å². The number of hydrogen-bond donors (Lipinski definition) is 2. The van der Waals surface area contributed by atoms with Gasteiger partial charge >= 0.3 is 5.97 Å². The Labute approximate surface area is 110 Å². The van der Waals surface area contributed by atoms with Crippen LogP contribution < -0.4 is 0 Å². The zero-order valence-corrected chi connectivity index (χ0v) is 11.8. The van der Waals surface area contributed by atoms with Gasteiger partial charge in [0.1, 0.15) is 0 Å². The van der Waals surface area contributed by atoms with Crippen molar-refractivity contribution in [3.05, 3.63) is 37.5 Å². The van der Waals surface area contributed by atoms with Crippen LogP contribution in [0.2, 0.25) is 0 Å². The summed E-state index contributed by atoms with van der Waals surface area (Å²) in [7, 11) is 1.26. The molecule has 0 fully saturated rings. The summed E-state index contributed by atoms with van der Waals surface area (Å²) in [5.74, 6) is -0.535. The first kappa shape index (κ1) is 25.4. The van der Waals surface area contributed by atoms with Gasteiger partial charge < -0.3 is 10.2 Å². The maximum atomic E-state index is 10.3. The SMILES string of the molecule is C=C(C)C(=O)OOC.C=CC.C=CC.OCCO. The normalized spacial score (nSPS) is 6.78. The second-order valence-electron chi connectivity index (χ2n) is 2.58. The molecule has 108 valence electrons. The van der Waals surface area contributed by atoms with E-state index in [-0.39, 0.29) is 13.2 Å². The van der Waals surface area contributed by atoms with Gasteiger partial charge in [0.05, 0.1) is 20.3 Å². The van der Waals surface area contributed by atoms with E-state index in [0.717, 1.165) is 0 Å². The maximum Gasteiger partial charge on any atom is 0.368 e. The predicted octanol–water partition coefficient (Wildman–Crippen LogP) is 2.02. The minimum atomic E-state index is -0.535. The van der Waals surface area contributed by atoms with E-state index in [4.69, 9.17) is 10.2 Å². The second-order valence-corrected chi connectivity index (χ2v) is 2.58. The number of aliphatic hydroxyl groups excluding tert-OH is 2. The van der Waals surface area contributed by atoms with Gasteiger partial charge in [-0.3, -0.25) is 4.89 Å². The van der Waals surface area contributed by atoms with Crippen LogP contribution in [0.3, 0.4) is 0 Å². The molecule has 0 heterocycles. The van der Waals surface area contributed by atoms with E-state index >= 15 is 0 Å². The molecule has 0 aromatic heterocycles. The summed E-state index contributed by atoms with van der Waals surface area (Å²) >= 11 is 0. The molecule has 0 bridgehead atoms. The highest BCUT2D eigenvalue weighted by molar-refractivity contribution is 5.86. The fourth-order valence-electron chi connectivity index (χ4n) is 0.147. The van der Waals surface area contributed by atoms with E-state index in [1.165, 1.54) is 7.11 Å². The summed E-state index contributed by atoms with van der Waals surface area (Å²) < 4.78 is 0. The van der Waals surface area contributed by atoms with Crippen LogP contribution in [0.4, 0.5) is 0 Å². The van der Waals surface area contributed by atoms with Gasteiger partial charge in [0.2, 0.25) is 0 Å².